The standard InChI is InChI=1S/C22H25N5O3/c1-26(12-19(28)13-6-7-13)22(30)20-15-11-27(9-8-17(15)24-25-20)21(29)18-10-14-4-2-3-5-16(14)23-18/h2-5,10,13,17-19,28H,6-9,11-12H2,1H3. The second kappa shape index (κ2) is 7.43. The number of rotatable bonds is 5. The highest BCUT2D eigenvalue weighted by Gasteiger charge is 2.38. The largest absolute Gasteiger partial charge is 0.391 e. The molecule has 5 rings (SSSR count). The lowest BCUT2D eigenvalue weighted by Gasteiger charge is -2.31. The molecule has 2 amide bonds. The molecule has 1 saturated carbocycles. The van der Waals surface area contributed by atoms with Gasteiger partial charge in [-0.25, -0.2) is 0 Å². The molecule has 8 nitrogen and oxygen atoms in total. The van der Waals surface area contributed by atoms with E-state index in [1.807, 2.05) is 30.3 Å². The Balaban J connectivity index is 1.31. The Morgan fingerprint density at radius 3 is 2.83 bits per heavy atom. The number of para-hydroxylation sites is 1. The van der Waals surface area contributed by atoms with Crippen LogP contribution >= 0.6 is 0 Å². The summed E-state index contributed by atoms with van der Waals surface area (Å²) in [5.74, 6) is -0.00249. The summed E-state index contributed by atoms with van der Waals surface area (Å²) >= 11 is 0. The molecule has 0 radical (unpaired) electrons. The van der Waals surface area contributed by atoms with Crippen LogP contribution in [0.3, 0.4) is 0 Å². The van der Waals surface area contributed by atoms with Crippen LogP contribution in [0.15, 0.2) is 50.8 Å². The van der Waals surface area contributed by atoms with Crippen molar-refractivity contribution in [1.82, 2.24) is 9.80 Å². The summed E-state index contributed by atoms with van der Waals surface area (Å²) < 4.78 is 0. The van der Waals surface area contributed by atoms with Crippen molar-refractivity contribution in [1.29, 1.82) is 0 Å². The van der Waals surface area contributed by atoms with Crippen LogP contribution < -0.4 is 10.6 Å². The summed E-state index contributed by atoms with van der Waals surface area (Å²) in [4.78, 5) is 33.8. The molecule has 8 heteroatoms. The van der Waals surface area contributed by atoms with Gasteiger partial charge in [0.15, 0.2) is 5.70 Å². The molecule has 3 aliphatic heterocycles. The van der Waals surface area contributed by atoms with Gasteiger partial charge in [-0.2, -0.15) is 5.11 Å². The molecule has 0 bridgehead atoms. The summed E-state index contributed by atoms with van der Waals surface area (Å²) in [6.07, 6.45) is 4.08. The van der Waals surface area contributed by atoms with Gasteiger partial charge in [0.1, 0.15) is 6.04 Å². The molecule has 1 N–H and O–H groups in total. The van der Waals surface area contributed by atoms with Crippen LogP contribution in [-0.2, 0) is 9.59 Å². The minimum absolute atomic E-state index is 0.0617. The molecule has 30 heavy (non-hydrogen) atoms. The second-order valence-electron chi connectivity index (χ2n) is 8.54. The number of likely N-dealkylation sites (N-methyl/N-ethyl adjacent to an activating group) is 1. The first-order chi connectivity index (χ1) is 14.5. The maximum Gasteiger partial charge on any atom is 0.274 e. The van der Waals surface area contributed by atoms with Crippen LogP contribution in [0.2, 0.25) is 0 Å². The highest BCUT2D eigenvalue weighted by Crippen LogP contribution is 2.34. The quantitative estimate of drug-likeness (QED) is 0.745. The fourth-order valence-electron chi connectivity index (χ4n) is 4.35. The maximum atomic E-state index is 13.1. The lowest BCUT2D eigenvalue weighted by Crippen LogP contribution is -2.45. The van der Waals surface area contributed by atoms with E-state index in [1.54, 1.807) is 11.9 Å². The zero-order valence-electron chi connectivity index (χ0n) is 16.9. The fraction of sp³-hybridized carbons (Fsp3) is 0.500. The van der Waals surface area contributed by atoms with Crippen LogP contribution in [0.4, 0.5) is 0 Å². The predicted octanol–water partition coefficient (Wildman–Crippen LogP) is 0.0190. The molecule has 1 aromatic rings. The zero-order valence-corrected chi connectivity index (χ0v) is 16.9. The van der Waals surface area contributed by atoms with E-state index < -0.39 is 12.1 Å². The first-order valence-electron chi connectivity index (χ1n) is 10.5. The Kier molecular flexibility index (Phi) is 4.73. The molecular weight excluding hydrogens is 382 g/mol. The summed E-state index contributed by atoms with van der Waals surface area (Å²) in [7, 11) is 1.68. The number of hydrogen-bond donors (Lipinski definition) is 1. The highest BCUT2D eigenvalue weighted by molar-refractivity contribution is 5.95. The highest BCUT2D eigenvalue weighted by atomic mass is 16.3. The van der Waals surface area contributed by atoms with Gasteiger partial charge in [0.2, 0.25) is 0 Å². The summed E-state index contributed by atoms with van der Waals surface area (Å²) in [5.41, 5.74) is 1.11. The van der Waals surface area contributed by atoms with Crippen molar-refractivity contribution >= 4 is 17.9 Å². The van der Waals surface area contributed by atoms with Crippen molar-refractivity contribution in [2.24, 2.45) is 21.1 Å². The normalized spacial score (nSPS) is 25.3. The average molecular weight is 407 g/mol. The topological polar surface area (TPSA) is 97.9 Å². The summed E-state index contributed by atoms with van der Waals surface area (Å²) in [5, 5.41) is 20.4. The van der Waals surface area contributed by atoms with Crippen LogP contribution in [-0.4, -0.2) is 71.6 Å². The maximum absolute atomic E-state index is 13.1. The zero-order chi connectivity index (χ0) is 20.8. The van der Waals surface area contributed by atoms with Gasteiger partial charge in [-0.05, 0) is 42.5 Å². The molecule has 3 atom stereocenters. The number of aliphatic hydroxyl groups is 1. The van der Waals surface area contributed by atoms with E-state index in [0.29, 0.717) is 31.1 Å². The second-order valence-corrected chi connectivity index (χ2v) is 8.54. The molecule has 156 valence electrons. The monoisotopic (exact) mass is 407 g/mol. The molecule has 0 spiro atoms. The van der Waals surface area contributed by atoms with Gasteiger partial charge < -0.3 is 14.9 Å². The lowest BCUT2D eigenvalue weighted by molar-refractivity contribution is -0.131. The number of benzene rings is 1. The molecule has 0 aromatic heterocycles. The number of hydrogen-bond acceptors (Lipinski definition) is 6. The Morgan fingerprint density at radius 1 is 1.27 bits per heavy atom. The number of fused-ring (bicyclic) bond motifs is 2. The average Bonchev–Trinajstić information content (AvgIpc) is 3.39. The molecule has 2 fully saturated rings. The van der Waals surface area contributed by atoms with Crippen LogP contribution in [0.1, 0.15) is 19.3 Å². The van der Waals surface area contributed by atoms with Gasteiger partial charge >= 0.3 is 0 Å². The number of amides is 2. The van der Waals surface area contributed by atoms with Crippen molar-refractivity contribution in [3.05, 3.63) is 46.1 Å². The van der Waals surface area contributed by atoms with Crippen molar-refractivity contribution in [3.63, 3.8) is 0 Å². The van der Waals surface area contributed by atoms with Gasteiger partial charge in [0.05, 0.1) is 17.5 Å². The molecule has 3 heterocycles. The number of nitrogens with zero attached hydrogens (tertiary/aromatic N) is 5. The minimum atomic E-state index is -0.523. The summed E-state index contributed by atoms with van der Waals surface area (Å²) in [6.45, 7) is 1.20. The third kappa shape index (κ3) is 3.45. The Bertz CT molecular complexity index is 1040. The van der Waals surface area contributed by atoms with Crippen LogP contribution in [0.25, 0.3) is 6.08 Å². The van der Waals surface area contributed by atoms with Crippen molar-refractivity contribution in [3.8, 4) is 0 Å². The lowest BCUT2D eigenvalue weighted by atomic mass is 9.97. The van der Waals surface area contributed by atoms with E-state index in [0.717, 1.165) is 29.0 Å². The van der Waals surface area contributed by atoms with Gasteiger partial charge in [0, 0.05) is 32.3 Å². The molecule has 1 aromatic carbocycles. The minimum Gasteiger partial charge on any atom is -0.391 e. The number of likely N-dealkylation sites (tertiary alicyclic amines) is 1. The molecule has 4 aliphatic rings. The van der Waals surface area contributed by atoms with Crippen LogP contribution in [0.5, 0.6) is 0 Å². The number of carbonyl (C=O) groups excluding carboxylic acids is 2. The predicted molar refractivity (Wildman–Crippen MR) is 109 cm³/mol. The molecular formula is C22H25N5O3. The van der Waals surface area contributed by atoms with Crippen molar-refractivity contribution < 1.29 is 14.7 Å². The fourth-order valence-corrected chi connectivity index (χ4v) is 4.35. The van der Waals surface area contributed by atoms with E-state index >= 15 is 0 Å². The van der Waals surface area contributed by atoms with Crippen LogP contribution in [0, 0.1) is 5.92 Å². The number of azo groups is 1. The molecule has 1 aliphatic carbocycles. The Labute approximate surface area is 174 Å². The molecule has 1 saturated heterocycles. The van der Waals surface area contributed by atoms with E-state index in [-0.39, 0.29) is 24.4 Å². The van der Waals surface area contributed by atoms with Crippen molar-refractivity contribution in [2.75, 3.05) is 26.7 Å². The summed E-state index contributed by atoms with van der Waals surface area (Å²) in [6, 6.07) is 7.05. The first-order valence-corrected chi connectivity index (χ1v) is 10.5. The smallest absolute Gasteiger partial charge is 0.274 e. The molecule has 3 unspecified atom stereocenters. The van der Waals surface area contributed by atoms with E-state index in [9.17, 15) is 14.7 Å². The van der Waals surface area contributed by atoms with Gasteiger partial charge in [0.25, 0.3) is 11.8 Å². The van der Waals surface area contributed by atoms with Crippen molar-refractivity contribution in [2.45, 2.75) is 37.5 Å². The van der Waals surface area contributed by atoms with Gasteiger partial charge in [-0.3, -0.25) is 14.6 Å². The third-order valence-corrected chi connectivity index (χ3v) is 6.33. The Morgan fingerprint density at radius 2 is 2.07 bits per heavy atom. The van der Waals surface area contributed by atoms with Gasteiger partial charge in [-0.15, -0.1) is 5.11 Å². The van der Waals surface area contributed by atoms with Gasteiger partial charge in [-0.1, -0.05) is 18.2 Å². The van der Waals surface area contributed by atoms with E-state index in [4.69, 9.17) is 0 Å². The number of aliphatic hydroxyl groups excluding tert-OH is 1. The number of piperidine rings is 1. The van der Waals surface area contributed by atoms with E-state index in [2.05, 4.69) is 15.2 Å². The third-order valence-electron chi connectivity index (χ3n) is 6.33. The number of carbonyl (C=O) groups is 2. The SMILES string of the molecule is CN(CC(O)C1CC1)C(=O)C1=C2CN(C(=O)C3C=c4ccccc4=N3)CCC2N=N1. The van der Waals surface area contributed by atoms with E-state index in [1.165, 1.54) is 4.90 Å². The Hall–Kier alpha value is -2.87. The first kappa shape index (κ1) is 19.1.